The van der Waals surface area contributed by atoms with Crippen molar-refractivity contribution >= 4 is 27.4 Å². The molecule has 2 N–H and O–H groups in total. The topological polar surface area (TPSA) is 77.0 Å². The number of ether oxygens (including phenoxy) is 1. The Bertz CT molecular complexity index is 1950. The van der Waals surface area contributed by atoms with Gasteiger partial charge in [0.15, 0.2) is 5.82 Å². The number of phenols is 1. The highest BCUT2D eigenvalue weighted by molar-refractivity contribution is 6.06. The molecule has 4 aliphatic rings. The van der Waals surface area contributed by atoms with Crippen LogP contribution in [0, 0.1) is 30.9 Å². The smallest absolute Gasteiger partial charge is 0.226 e. The van der Waals surface area contributed by atoms with E-state index >= 15 is 8.78 Å². The predicted octanol–water partition coefficient (Wildman–Crippen LogP) is 4.99. The number of halogens is 2. The van der Waals surface area contributed by atoms with E-state index in [1.54, 1.807) is 0 Å². The minimum atomic E-state index is -0.596. The average Bonchev–Trinajstić information content (AvgIpc) is 3.38. The highest BCUT2D eigenvalue weighted by atomic mass is 19.1. The van der Waals surface area contributed by atoms with Gasteiger partial charge in [-0.15, -0.1) is 6.42 Å². The van der Waals surface area contributed by atoms with Gasteiger partial charge in [0, 0.05) is 66.8 Å². The molecule has 244 valence electrons. The summed E-state index contributed by atoms with van der Waals surface area (Å²) in [5, 5.41) is 16.3. The summed E-state index contributed by atoms with van der Waals surface area (Å²) in [4.78, 5) is 17.3. The summed E-state index contributed by atoms with van der Waals surface area (Å²) in [7, 11) is 2.16. The molecule has 0 aliphatic carbocycles. The number of anilines is 1. The lowest BCUT2D eigenvalue weighted by molar-refractivity contribution is 0.153. The van der Waals surface area contributed by atoms with Crippen molar-refractivity contribution < 1.29 is 18.6 Å². The van der Waals surface area contributed by atoms with Crippen molar-refractivity contribution in [1.82, 2.24) is 25.1 Å². The molecule has 3 fully saturated rings. The molecule has 2 aromatic heterocycles. The summed E-state index contributed by atoms with van der Waals surface area (Å²) < 4.78 is 39.1. The lowest BCUT2D eigenvalue weighted by atomic mass is 9.94. The molecule has 0 radical (unpaired) electrons. The monoisotopic (exact) mass is 638 g/mol. The van der Waals surface area contributed by atoms with Crippen LogP contribution in [0.1, 0.15) is 43.0 Å². The normalized spacial score (nSPS) is 24.3. The first-order chi connectivity index (χ1) is 22.7. The fraction of sp³-hybridized carbons (Fsp3) is 0.459. The van der Waals surface area contributed by atoms with Crippen LogP contribution in [0.3, 0.4) is 0 Å². The molecule has 0 amide bonds. The molecule has 3 saturated heterocycles. The van der Waals surface area contributed by atoms with E-state index in [0.717, 1.165) is 75.6 Å². The number of aromatic hydroxyl groups is 1. The third kappa shape index (κ3) is 4.98. The summed E-state index contributed by atoms with van der Waals surface area (Å²) in [6.45, 7) is 9.87. The van der Waals surface area contributed by atoms with Gasteiger partial charge in [0.2, 0.25) is 5.88 Å². The van der Waals surface area contributed by atoms with E-state index < -0.39 is 11.6 Å². The van der Waals surface area contributed by atoms with Crippen LogP contribution in [-0.2, 0) is 6.42 Å². The summed E-state index contributed by atoms with van der Waals surface area (Å²) >= 11 is 0. The van der Waals surface area contributed by atoms with Crippen molar-refractivity contribution in [3.8, 4) is 35.2 Å². The van der Waals surface area contributed by atoms with Crippen LogP contribution >= 0.6 is 0 Å². The number of benzene rings is 2. The Balaban J connectivity index is 1.33. The van der Waals surface area contributed by atoms with Crippen molar-refractivity contribution in [3.63, 3.8) is 0 Å². The molecular weight excluding hydrogens is 598 g/mol. The third-order valence-corrected chi connectivity index (χ3v) is 10.8. The minimum Gasteiger partial charge on any atom is -0.508 e. The molecule has 10 heteroatoms. The van der Waals surface area contributed by atoms with Crippen molar-refractivity contribution in [1.29, 1.82) is 0 Å². The number of rotatable bonds is 5. The lowest BCUT2D eigenvalue weighted by Gasteiger charge is -2.43. The molecule has 47 heavy (non-hydrogen) atoms. The van der Waals surface area contributed by atoms with Crippen molar-refractivity contribution in [2.75, 3.05) is 51.2 Å². The van der Waals surface area contributed by atoms with Crippen molar-refractivity contribution in [3.05, 3.63) is 52.7 Å². The quantitative estimate of drug-likeness (QED) is 0.296. The first kappa shape index (κ1) is 30.3. The first-order valence-electron chi connectivity index (χ1n) is 16.8. The van der Waals surface area contributed by atoms with Crippen LogP contribution in [0.4, 0.5) is 14.6 Å². The molecule has 4 atom stereocenters. The number of phenolic OH excluding ortho intramolecular Hbond substituents is 1. The van der Waals surface area contributed by atoms with E-state index in [-0.39, 0.29) is 40.8 Å². The van der Waals surface area contributed by atoms with Gasteiger partial charge in [0.1, 0.15) is 29.2 Å². The minimum absolute atomic E-state index is 0.00471. The number of likely N-dealkylation sites (N-methyl/N-ethyl adjacent to an activating group) is 1. The molecule has 0 saturated carbocycles. The zero-order chi connectivity index (χ0) is 32.6. The number of nitrogens with zero attached hydrogens (tertiary/aromatic N) is 5. The second-order valence-electron chi connectivity index (χ2n) is 13.8. The summed E-state index contributed by atoms with van der Waals surface area (Å²) in [5.74, 6) is 2.20. The van der Waals surface area contributed by atoms with Gasteiger partial charge in [-0.2, -0.15) is 0 Å². The van der Waals surface area contributed by atoms with Crippen LogP contribution < -0.4 is 15.0 Å². The van der Waals surface area contributed by atoms with E-state index in [1.807, 2.05) is 13.8 Å². The SMILES string of the molecule is C#Cc1c(F)ccc2cc(O)cc(-c3nc4c5c(nc(CCCN6CCN(C)CC6)c(C)c5c3F)N3C[C@H]5CC[C@H](N5)[C@H]3[C@H](C)O4)c12. The zero-order valence-electron chi connectivity index (χ0n) is 27.1. The number of terminal acetylenes is 1. The molecule has 2 bridgehead atoms. The molecule has 8 nitrogen and oxygen atoms in total. The Kier molecular flexibility index (Phi) is 7.47. The number of hydrogen-bond donors (Lipinski definition) is 2. The lowest BCUT2D eigenvalue weighted by Crippen LogP contribution is -2.62. The zero-order valence-corrected chi connectivity index (χ0v) is 27.1. The van der Waals surface area contributed by atoms with Crippen LogP contribution in [0.25, 0.3) is 32.8 Å². The summed E-state index contributed by atoms with van der Waals surface area (Å²) in [6.07, 6.45) is 9.23. The van der Waals surface area contributed by atoms with Gasteiger partial charge in [-0.25, -0.2) is 18.7 Å². The van der Waals surface area contributed by atoms with Gasteiger partial charge in [0.05, 0.1) is 17.0 Å². The number of nitrogens with one attached hydrogen (secondary N) is 1. The van der Waals surface area contributed by atoms with Crippen molar-refractivity contribution in [2.45, 2.75) is 63.8 Å². The Morgan fingerprint density at radius 3 is 2.68 bits per heavy atom. The molecule has 4 aromatic rings. The van der Waals surface area contributed by atoms with Crippen LogP contribution in [0.15, 0.2) is 24.3 Å². The average molecular weight is 639 g/mol. The Labute approximate surface area is 273 Å². The van der Waals surface area contributed by atoms with Gasteiger partial charge in [-0.1, -0.05) is 12.0 Å². The first-order valence-corrected chi connectivity index (χ1v) is 16.8. The highest BCUT2D eigenvalue weighted by Crippen LogP contribution is 2.47. The van der Waals surface area contributed by atoms with E-state index in [2.05, 4.69) is 33.0 Å². The number of aromatic nitrogens is 2. The Hall–Kier alpha value is -4.04. The van der Waals surface area contributed by atoms with Gasteiger partial charge in [0.25, 0.3) is 0 Å². The Morgan fingerprint density at radius 1 is 1.09 bits per heavy atom. The molecule has 2 aromatic carbocycles. The van der Waals surface area contributed by atoms with Crippen LogP contribution in [0.5, 0.6) is 11.6 Å². The largest absolute Gasteiger partial charge is 0.508 e. The maximum Gasteiger partial charge on any atom is 0.226 e. The second kappa shape index (κ2) is 11.6. The number of fused-ring (bicyclic) bond motifs is 6. The van der Waals surface area contributed by atoms with Gasteiger partial charge in [-0.3, -0.25) is 0 Å². The standard InChI is InChI=1S/C37H40F2N6O2/c1-5-25-27(38)10-8-22-17-24(46)18-26(31(22)25)34-33(39)30-20(2)28(7-6-12-44-15-13-43(4)14-16-44)41-36-32(30)37(42-34)47-21(3)35-29-11-9-23(40-29)19-45(35)36/h1,8,10,17-18,21,23,29,35,40,46H,6-7,9,11-16,19H2,2-4H3/t21-,23+,29-,35+/m0/s1. The Morgan fingerprint density at radius 2 is 1.89 bits per heavy atom. The molecule has 0 spiro atoms. The number of hydrogen-bond acceptors (Lipinski definition) is 8. The van der Waals surface area contributed by atoms with E-state index in [1.165, 1.54) is 24.3 Å². The number of aryl methyl sites for hydroxylation is 2. The molecule has 4 aliphatic heterocycles. The fourth-order valence-corrected chi connectivity index (χ4v) is 8.42. The molecule has 0 unspecified atom stereocenters. The van der Waals surface area contributed by atoms with E-state index in [0.29, 0.717) is 39.9 Å². The predicted molar refractivity (Wildman–Crippen MR) is 180 cm³/mol. The molecule has 6 heterocycles. The van der Waals surface area contributed by atoms with Gasteiger partial charge in [-0.05, 0) is 82.3 Å². The number of piperazine rings is 2. The maximum atomic E-state index is 17.4. The maximum absolute atomic E-state index is 17.4. The highest BCUT2D eigenvalue weighted by Gasteiger charge is 2.47. The van der Waals surface area contributed by atoms with Crippen molar-refractivity contribution in [2.24, 2.45) is 0 Å². The van der Waals surface area contributed by atoms with E-state index in [9.17, 15) is 5.11 Å². The van der Waals surface area contributed by atoms with Crippen LogP contribution in [0.2, 0.25) is 0 Å². The molecule has 8 rings (SSSR count). The molecular formula is C37H40F2N6O2. The number of pyridine rings is 2. The van der Waals surface area contributed by atoms with Gasteiger partial charge >= 0.3 is 0 Å². The van der Waals surface area contributed by atoms with E-state index in [4.69, 9.17) is 21.1 Å². The third-order valence-electron chi connectivity index (χ3n) is 10.8. The van der Waals surface area contributed by atoms with Crippen LogP contribution in [-0.4, -0.2) is 95.4 Å². The summed E-state index contributed by atoms with van der Waals surface area (Å²) in [6, 6.07) is 6.25. The van der Waals surface area contributed by atoms with Gasteiger partial charge < -0.3 is 29.9 Å². The fourth-order valence-electron chi connectivity index (χ4n) is 8.42. The second-order valence-corrected chi connectivity index (χ2v) is 13.8. The summed E-state index contributed by atoms with van der Waals surface area (Å²) in [5.41, 5.74) is 1.78.